The number of hydrogen-bond acceptors (Lipinski definition) is 5. The Balaban J connectivity index is 1.45. The number of carbonyl (C=O) groups excluding carboxylic acids is 2. The number of carbonyl (C=O) groups is 2. The van der Waals surface area contributed by atoms with E-state index < -0.39 is 24.1 Å². The Kier molecular flexibility index (Phi) is 7.18. The Morgan fingerprint density at radius 1 is 1.10 bits per heavy atom. The molecular formula is C21H23F2N3O4. The molecule has 0 aliphatic carbocycles. The summed E-state index contributed by atoms with van der Waals surface area (Å²) in [5, 5.41) is 2.74. The van der Waals surface area contributed by atoms with Crippen LogP contribution >= 0.6 is 0 Å². The maximum Gasteiger partial charge on any atom is 0.260 e. The first-order valence-corrected chi connectivity index (χ1v) is 9.47. The second kappa shape index (κ2) is 10.0. The number of hydrogen-bond donors (Lipinski definition) is 1. The first-order chi connectivity index (χ1) is 14.4. The summed E-state index contributed by atoms with van der Waals surface area (Å²) in [6.07, 6.45) is 0. The first-order valence-electron chi connectivity index (χ1n) is 9.47. The largest absolute Gasteiger partial charge is 0.484 e. The van der Waals surface area contributed by atoms with E-state index in [0.29, 0.717) is 18.9 Å². The van der Waals surface area contributed by atoms with Crippen LogP contribution < -0.4 is 15.0 Å². The van der Waals surface area contributed by atoms with Crippen molar-refractivity contribution in [2.45, 2.75) is 0 Å². The predicted molar refractivity (Wildman–Crippen MR) is 108 cm³/mol. The highest BCUT2D eigenvalue weighted by Crippen LogP contribution is 2.19. The van der Waals surface area contributed by atoms with Crippen LogP contribution in [0.1, 0.15) is 0 Å². The van der Waals surface area contributed by atoms with E-state index in [1.165, 1.54) is 18.0 Å². The molecule has 2 amide bonds. The van der Waals surface area contributed by atoms with Gasteiger partial charge in [0.25, 0.3) is 5.91 Å². The lowest BCUT2D eigenvalue weighted by Gasteiger charge is -2.28. The molecule has 0 atom stereocenters. The van der Waals surface area contributed by atoms with Crippen molar-refractivity contribution in [2.75, 3.05) is 56.7 Å². The van der Waals surface area contributed by atoms with Crippen LogP contribution in [0.25, 0.3) is 0 Å². The lowest BCUT2D eigenvalue weighted by molar-refractivity contribution is -0.135. The van der Waals surface area contributed by atoms with E-state index in [1.54, 1.807) is 12.1 Å². The average molecular weight is 419 g/mol. The SMILES string of the molecule is CN(CC(=O)Nc1ccc(N2CCOCC2)cc1)C(=O)COc1ccc(F)c(F)c1. The fourth-order valence-electron chi connectivity index (χ4n) is 2.90. The van der Waals surface area contributed by atoms with Crippen LogP contribution in [-0.2, 0) is 14.3 Å². The fraction of sp³-hybridized carbons (Fsp3) is 0.333. The summed E-state index contributed by atoms with van der Waals surface area (Å²) in [7, 11) is 1.46. The Hall–Kier alpha value is -3.20. The third kappa shape index (κ3) is 5.90. The van der Waals surface area contributed by atoms with Crippen LogP contribution in [0.15, 0.2) is 42.5 Å². The van der Waals surface area contributed by atoms with Crippen molar-refractivity contribution in [1.29, 1.82) is 0 Å². The van der Waals surface area contributed by atoms with Crippen LogP contribution in [0.3, 0.4) is 0 Å². The molecule has 0 aromatic heterocycles. The number of anilines is 2. The van der Waals surface area contributed by atoms with Gasteiger partial charge in [-0.3, -0.25) is 9.59 Å². The smallest absolute Gasteiger partial charge is 0.260 e. The molecule has 9 heteroatoms. The van der Waals surface area contributed by atoms with Gasteiger partial charge in [0.15, 0.2) is 18.2 Å². The lowest BCUT2D eigenvalue weighted by Crippen LogP contribution is -2.37. The van der Waals surface area contributed by atoms with Gasteiger partial charge in [-0.15, -0.1) is 0 Å². The zero-order chi connectivity index (χ0) is 21.5. The summed E-state index contributed by atoms with van der Waals surface area (Å²) in [6.45, 7) is 2.46. The number of nitrogens with one attached hydrogen (secondary N) is 1. The third-order valence-electron chi connectivity index (χ3n) is 4.59. The molecule has 1 aliphatic rings. The number of amides is 2. The van der Waals surface area contributed by atoms with E-state index in [0.717, 1.165) is 30.9 Å². The topological polar surface area (TPSA) is 71.1 Å². The minimum absolute atomic E-state index is 0.0282. The van der Waals surface area contributed by atoms with Gasteiger partial charge in [-0.25, -0.2) is 8.78 Å². The van der Waals surface area contributed by atoms with E-state index in [1.807, 2.05) is 12.1 Å². The summed E-state index contributed by atoms with van der Waals surface area (Å²) in [6, 6.07) is 10.4. The predicted octanol–water partition coefficient (Wildman–Crippen LogP) is 2.28. The Morgan fingerprint density at radius 3 is 2.47 bits per heavy atom. The number of halogens is 2. The summed E-state index contributed by atoms with van der Waals surface area (Å²) >= 11 is 0. The van der Waals surface area contributed by atoms with Crippen LogP contribution in [0.5, 0.6) is 5.75 Å². The molecule has 1 N–H and O–H groups in total. The Morgan fingerprint density at radius 2 is 1.80 bits per heavy atom. The quantitative estimate of drug-likeness (QED) is 0.746. The lowest BCUT2D eigenvalue weighted by atomic mass is 10.2. The molecule has 1 fully saturated rings. The van der Waals surface area contributed by atoms with Gasteiger partial charge in [-0.05, 0) is 36.4 Å². The third-order valence-corrected chi connectivity index (χ3v) is 4.59. The normalized spacial score (nSPS) is 13.6. The number of rotatable bonds is 7. The number of ether oxygens (including phenoxy) is 2. The van der Waals surface area contributed by atoms with Crippen molar-refractivity contribution >= 4 is 23.2 Å². The van der Waals surface area contributed by atoms with Gasteiger partial charge in [-0.2, -0.15) is 0 Å². The summed E-state index contributed by atoms with van der Waals surface area (Å²) < 4.78 is 36.6. The second-order valence-corrected chi connectivity index (χ2v) is 6.81. The van der Waals surface area contributed by atoms with E-state index >= 15 is 0 Å². The van der Waals surface area contributed by atoms with Crippen molar-refractivity contribution < 1.29 is 27.8 Å². The van der Waals surface area contributed by atoms with Crippen molar-refractivity contribution in [1.82, 2.24) is 4.90 Å². The molecule has 7 nitrogen and oxygen atoms in total. The molecule has 30 heavy (non-hydrogen) atoms. The Labute approximate surface area is 173 Å². The molecule has 0 unspecified atom stereocenters. The van der Waals surface area contributed by atoms with Gasteiger partial charge in [0.1, 0.15) is 5.75 Å². The molecular weight excluding hydrogens is 396 g/mol. The molecule has 1 heterocycles. The van der Waals surface area contributed by atoms with E-state index in [4.69, 9.17) is 9.47 Å². The molecule has 3 rings (SSSR count). The average Bonchev–Trinajstić information content (AvgIpc) is 2.75. The maximum absolute atomic E-state index is 13.2. The maximum atomic E-state index is 13.2. The van der Waals surface area contributed by atoms with E-state index in [2.05, 4.69) is 10.2 Å². The van der Waals surface area contributed by atoms with Crippen molar-refractivity contribution in [3.8, 4) is 5.75 Å². The van der Waals surface area contributed by atoms with Crippen LogP contribution in [0.2, 0.25) is 0 Å². The molecule has 0 saturated carbocycles. The second-order valence-electron chi connectivity index (χ2n) is 6.81. The van der Waals surface area contributed by atoms with Crippen molar-refractivity contribution in [3.63, 3.8) is 0 Å². The van der Waals surface area contributed by atoms with Crippen LogP contribution in [0, 0.1) is 11.6 Å². The number of likely N-dealkylation sites (N-methyl/N-ethyl adjacent to an activating group) is 1. The van der Waals surface area contributed by atoms with Gasteiger partial charge in [-0.1, -0.05) is 0 Å². The van der Waals surface area contributed by atoms with Gasteiger partial charge in [0, 0.05) is 37.6 Å². The molecule has 0 bridgehead atoms. The molecule has 0 radical (unpaired) electrons. The zero-order valence-corrected chi connectivity index (χ0v) is 16.6. The number of benzene rings is 2. The molecule has 1 saturated heterocycles. The van der Waals surface area contributed by atoms with E-state index in [-0.39, 0.29) is 18.2 Å². The molecule has 160 valence electrons. The molecule has 1 aliphatic heterocycles. The van der Waals surface area contributed by atoms with Crippen molar-refractivity contribution in [3.05, 3.63) is 54.1 Å². The Bertz CT molecular complexity index is 886. The molecule has 2 aromatic carbocycles. The standard InChI is InChI=1S/C21H23F2N3O4/c1-25(21(28)14-30-17-6-7-18(22)19(23)12-17)13-20(27)24-15-2-4-16(5-3-15)26-8-10-29-11-9-26/h2-7,12H,8-11,13-14H2,1H3,(H,24,27). The summed E-state index contributed by atoms with van der Waals surface area (Å²) in [4.78, 5) is 27.7. The van der Waals surface area contributed by atoms with Gasteiger partial charge < -0.3 is 24.6 Å². The van der Waals surface area contributed by atoms with Crippen LogP contribution in [0.4, 0.5) is 20.2 Å². The highest BCUT2D eigenvalue weighted by atomic mass is 19.2. The minimum Gasteiger partial charge on any atom is -0.484 e. The van der Waals surface area contributed by atoms with Crippen LogP contribution in [-0.4, -0.2) is 63.2 Å². The monoisotopic (exact) mass is 419 g/mol. The van der Waals surface area contributed by atoms with Gasteiger partial charge in [0.2, 0.25) is 5.91 Å². The van der Waals surface area contributed by atoms with Crippen molar-refractivity contribution in [2.24, 2.45) is 0 Å². The highest BCUT2D eigenvalue weighted by molar-refractivity contribution is 5.94. The van der Waals surface area contributed by atoms with Gasteiger partial charge >= 0.3 is 0 Å². The summed E-state index contributed by atoms with van der Waals surface area (Å²) in [5.41, 5.74) is 1.67. The van der Waals surface area contributed by atoms with E-state index in [9.17, 15) is 18.4 Å². The number of morpholine rings is 1. The fourth-order valence-corrected chi connectivity index (χ4v) is 2.90. The molecule has 0 spiro atoms. The molecule has 2 aromatic rings. The summed E-state index contributed by atoms with van der Waals surface area (Å²) in [5.74, 6) is -2.87. The van der Waals surface area contributed by atoms with Gasteiger partial charge in [0.05, 0.1) is 19.8 Å². The first kappa shape index (κ1) is 21.5. The highest BCUT2D eigenvalue weighted by Gasteiger charge is 2.15. The zero-order valence-electron chi connectivity index (χ0n) is 16.6. The number of nitrogens with zero attached hydrogens (tertiary/aromatic N) is 2. The minimum atomic E-state index is -1.06.